The fraction of sp³-hybridized carbons (Fsp3) is 0.545. The molecule has 1 aliphatic carbocycles. The number of amides is 1. The summed E-state index contributed by atoms with van der Waals surface area (Å²) in [5, 5.41) is 6.30. The van der Waals surface area contributed by atoms with Crippen LogP contribution in [0.25, 0.3) is 0 Å². The van der Waals surface area contributed by atoms with Gasteiger partial charge in [0.15, 0.2) is 0 Å². The Bertz CT molecular complexity index is 406. The van der Waals surface area contributed by atoms with Crippen LogP contribution in [0.3, 0.4) is 0 Å². The van der Waals surface area contributed by atoms with E-state index in [4.69, 9.17) is 0 Å². The summed E-state index contributed by atoms with van der Waals surface area (Å²) in [4.78, 5) is 19.9. The number of fused-ring (bicyclic) bond motifs is 1. The molecule has 2 atom stereocenters. The van der Waals surface area contributed by atoms with Gasteiger partial charge in [0, 0.05) is 25.3 Å². The van der Waals surface area contributed by atoms with Crippen LogP contribution < -0.4 is 10.6 Å². The summed E-state index contributed by atoms with van der Waals surface area (Å²) in [6, 6.07) is 0.344. The molecule has 1 aliphatic heterocycles. The lowest BCUT2D eigenvalue weighted by Gasteiger charge is -2.06. The summed E-state index contributed by atoms with van der Waals surface area (Å²) in [6.45, 7) is 3.90. The number of nitrogens with one attached hydrogen (secondary N) is 2. The molecule has 2 unspecified atom stereocenters. The van der Waals surface area contributed by atoms with Crippen LogP contribution in [0.15, 0.2) is 12.4 Å². The van der Waals surface area contributed by atoms with Gasteiger partial charge in [-0.15, -0.1) is 0 Å². The number of aromatic nitrogens is 2. The van der Waals surface area contributed by atoms with Crippen molar-refractivity contribution in [2.24, 2.45) is 11.8 Å². The summed E-state index contributed by atoms with van der Waals surface area (Å²) in [7, 11) is 0. The normalized spacial score (nSPS) is 30.9. The summed E-state index contributed by atoms with van der Waals surface area (Å²) >= 11 is 0. The third kappa shape index (κ3) is 1.57. The standard InChI is InChI=1S/C11H14N4O/c1-6-2-14-9(5-13-6)11(16)15-10-7-3-12-4-8(7)10/h2,5,7-8,10,12H,3-4H2,1H3,(H,15,16). The van der Waals surface area contributed by atoms with Crippen LogP contribution in [-0.2, 0) is 0 Å². The number of carbonyl (C=O) groups is 1. The number of aryl methyl sites for hydroxylation is 1. The lowest BCUT2D eigenvalue weighted by atomic mass is 10.3. The van der Waals surface area contributed by atoms with Crippen LogP contribution in [0.5, 0.6) is 0 Å². The third-order valence-electron chi connectivity index (χ3n) is 3.40. The monoisotopic (exact) mass is 218 g/mol. The van der Waals surface area contributed by atoms with Gasteiger partial charge in [-0.05, 0) is 18.8 Å². The Balaban J connectivity index is 1.63. The zero-order chi connectivity index (χ0) is 11.1. The van der Waals surface area contributed by atoms with Crippen molar-refractivity contribution in [3.8, 4) is 0 Å². The largest absolute Gasteiger partial charge is 0.347 e. The first-order chi connectivity index (χ1) is 7.75. The maximum atomic E-state index is 11.8. The highest BCUT2D eigenvalue weighted by molar-refractivity contribution is 5.92. The Morgan fingerprint density at radius 2 is 2.12 bits per heavy atom. The molecule has 1 amide bonds. The zero-order valence-electron chi connectivity index (χ0n) is 9.10. The summed E-state index contributed by atoms with van der Waals surface area (Å²) in [5.74, 6) is 1.15. The molecule has 2 N–H and O–H groups in total. The molecule has 1 saturated heterocycles. The average molecular weight is 218 g/mol. The molecule has 2 heterocycles. The van der Waals surface area contributed by atoms with E-state index >= 15 is 0 Å². The van der Waals surface area contributed by atoms with Crippen molar-refractivity contribution < 1.29 is 4.79 Å². The van der Waals surface area contributed by atoms with E-state index in [9.17, 15) is 4.79 Å². The van der Waals surface area contributed by atoms with E-state index in [1.54, 1.807) is 6.20 Å². The number of piperidine rings is 1. The minimum absolute atomic E-state index is 0.105. The van der Waals surface area contributed by atoms with E-state index in [0.717, 1.165) is 18.8 Å². The molecular weight excluding hydrogens is 204 g/mol. The molecule has 16 heavy (non-hydrogen) atoms. The van der Waals surface area contributed by atoms with Crippen molar-refractivity contribution in [3.63, 3.8) is 0 Å². The molecule has 1 saturated carbocycles. The lowest BCUT2D eigenvalue weighted by molar-refractivity contribution is 0.0941. The molecule has 2 aliphatic rings. The van der Waals surface area contributed by atoms with Gasteiger partial charge in [0.2, 0.25) is 0 Å². The summed E-state index contributed by atoms with van der Waals surface area (Å²) < 4.78 is 0. The maximum absolute atomic E-state index is 11.8. The van der Waals surface area contributed by atoms with Crippen LogP contribution in [0, 0.1) is 18.8 Å². The number of nitrogens with zero attached hydrogens (tertiary/aromatic N) is 2. The number of hydrogen-bond donors (Lipinski definition) is 2. The van der Waals surface area contributed by atoms with E-state index in [2.05, 4.69) is 20.6 Å². The molecule has 0 radical (unpaired) electrons. The van der Waals surface area contributed by atoms with Gasteiger partial charge < -0.3 is 10.6 Å². The Hall–Kier alpha value is -1.49. The molecule has 0 bridgehead atoms. The van der Waals surface area contributed by atoms with Crippen molar-refractivity contribution >= 4 is 5.91 Å². The van der Waals surface area contributed by atoms with Gasteiger partial charge in [-0.3, -0.25) is 9.78 Å². The van der Waals surface area contributed by atoms with Gasteiger partial charge in [0.1, 0.15) is 5.69 Å². The zero-order valence-corrected chi connectivity index (χ0v) is 9.10. The van der Waals surface area contributed by atoms with E-state index in [1.165, 1.54) is 6.20 Å². The van der Waals surface area contributed by atoms with Crippen LogP contribution in [0.4, 0.5) is 0 Å². The molecule has 3 rings (SSSR count). The molecule has 5 nitrogen and oxygen atoms in total. The maximum Gasteiger partial charge on any atom is 0.271 e. The second kappa shape index (κ2) is 3.52. The van der Waals surface area contributed by atoms with E-state index < -0.39 is 0 Å². The predicted molar refractivity (Wildman–Crippen MR) is 57.9 cm³/mol. The van der Waals surface area contributed by atoms with E-state index in [1.807, 2.05) is 6.92 Å². The van der Waals surface area contributed by atoms with E-state index in [-0.39, 0.29) is 5.91 Å². The number of rotatable bonds is 2. The quantitative estimate of drug-likeness (QED) is 0.717. The first kappa shape index (κ1) is 9.72. The van der Waals surface area contributed by atoms with Gasteiger partial charge in [-0.2, -0.15) is 0 Å². The first-order valence-electron chi connectivity index (χ1n) is 5.56. The van der Waals surface area contributed by atoms with Gasteiger partial charge in [0.05, 0.1) is 11.9 Å². The van der Waals surface area contributed by atoms with Crippen molar-refractivity contribution in [1.29, 1.82) is 0 Å². The van der Waals surface area contributed by atoms with Gasteiger partial charge >= 0.3 is 0 Å². The lowest BCUT2D eigenvalue weighted by Crippen LogP contribution is -2.33. The van der Waals surface area contributed by atoms with Gasteiger partial charge in [-0.25, -0.2) is 4.98 Å². The summed E-state index contributed by atoms with van der Waals surface area (Å²) in [5.41, 5.74) is 1.23. The second-order valence-corrected chi connectivity index (χ2v) is 4.53. The minimum atomic E-state index is -0.105. The number of hydrogen-bond acceptors (Lipinski definition) is 4. The molecule has 5 heteroatoms. The van der Waals surface area contributed by atoms with Crippen molar-refractivity contribution in [2.45, 2.75) is 13.0 Å². The smallest absolute Gasteiger partial charge is 0.271 e. The Morgan fingerprint density at radius 1 is 1.38 bits per heavy atom. The molecule has 1 aromatic rings. The fourth-order valence-electron chi connectivity index (χ4n) is 2.37. The molecule has 0 aromatic carbocycles. The van der Waals surface area contributed by atoms with Crippen LogP contribution in [0.2, 0.25) is 0 Å². The predicted octanol–water partition coefficient (Wildman–Crippen LogP) is -0.267. The topological polar surface area (TPSA) is 66.9 Å². The highest BCUT2D eigenvalue weighted by Gasteiger charge is 2.53. The Morgan fingerprint density at radius 3 is 2.75 bits per heavy atom. The van der Waals surface area contributed by atoms with Gasteiger partial charge in [0.25, 0.3) is 5.91 Å². The van der Waals surface area contributed by atoms with E-state index in [0.29, 0.717) is 23.6 Å². The van der Waals surface area contributed by atoms with Crippen LogP contribution in [0.1, 0.15) is 16.2 Å². The fourth-order valence-corrected chi connectivity index (χ4v) is 2.37. The highest BCUT2D eigenvalue weighted by atomic mass is 16.2. The molecule has 1 aromatic heterocycles. The molecule has 0 spiro atoms. The Labute approximate surface area is 93.7 Å². The molecule has 2 fully saturated rings. The first-order valence-corrected chi connectivity index (χ1v) is 5.56. The second-order valence-electron chi connectivity index (χ2n) is 4.53. The number of carbonyl (C=O) groups excluding carboxylic acids is 1. The SMILES string of the molecule is Cc1cnc(C(=O)NC2C3CNCC32)cn1. The van der Waals surface area contributed by atoms with Crippen molar-refractivity contribution in [3.05, 3.63) is 23.8 Å². The minimum Gasteiger partial charge on any atom is -0.347 e. The van der Waals surface area contributed by atoms with Crippen LogP contribution >= 0.6 is 0 Å². The molecule has 84 valence electrons. The highest BCUT2D eigenvalue weighted by Crippen LogP contribution is 2.41. The van der Waals surface area contributed by atoms with Crippen molar-refractivity contribution in [1.82, 2.24) is 20.6 Å². The van der Waals surface area contributed by atoms with Crippen LogP contribution in [-0.4, -0.2) is 35.0 Å². The average Bonchev–Trinajstić information content (AvgIpc) is 2.75. The van der Waals surface area contributed by atoms with Gasteiger partial charge in [-0.1, -0.05) is 0 Å². The molecular formula is C11H14N4O. The third-order valence-corrected chi connectivity index (χ3v) is 3.40. The van der Waals surface area contributed by atoms with Crippen molar-refractivity contribution in [2.75, 3.05) is 13.1 Å². The summed E-state index contributed by atoms with van der Waals surface area (Å²) in [6.07, 6.45) is 3.14. The Kier molecular flexibility index (Phi) is 2.14.